The Morgan fingerprint density at radius 1 is 1.39 bits per heavy atom. The van der Waals surface area contributed by atoms with Crippen LogP contribution >= 0.6 is 11.8 Å². The number of carbonyl (C=O) groups is 1. The Labute approximate surface area is 112 Å². The number of aryl methyl sites for hydroxylation is 1. The molecule has 1 aromatic heterocycles. The van der Waals surface area contributed by atoms with Crippen LogP contribution in [0.1, 0.15) is 51.9 Å². The van der Waals surface area contributed by atoms with E-state index in [1.54, 1.807) is 0 Å². The fraction of sp³-hybridized carbons (Fsp3) is 0.750. The minimum atomic E-state index is -0.824. The first-order valence-electron chi connectivity index (χ1n) is 6.38. The molecule has 0 bridgehead atoms. The summed E-state index contributed by atoms with van der Waals surface area (Å²) in [4.78, 5) is 10.6. The zero-order valence-electron chi connectivity index (χ0n) is 11.2. The number of hydrogen-bond donors (Lipinski definition) is 1. The number of thioether (sulfide) groups is 1. The van der Waals surface area contributed by atoms with Crippen molar-refractivity contribution >= 4 is 17.7 Å². The van der Waals surface area contributed by atoms with E-state index in [1.807, 2.05) is 0 Å². The van der Waals surface area contributed by atoms with Gasteiger partial charge < -0.3 is 9.67 Å². The molecule has 1 aromatic rings. The first-order valence-corrected chi connectivity index (χ1v) is 7.37. The molecular formula is C12H21N3O2S. The number of aromatic nitrogens is 3. The van der Waals surface area contributed by atoms with Crippen LogP contribution in [-0.4, -0.2) is 31.6 Å². The number of rotatable bonds is 8. The largest absolute Gasteiger partial charge is 0.481 e. The molecule has 0 saturated carbocycles. The van der Waals surface area contributed by atoms with Crippen LogP contribution in [0.3, 0.4) is 0 Å². The van der Waals surface area contributed by atoms with Crippen molar-refractivity contribution in [2.24, 2.45) is 0 Å². The predicted molar refractivity (Wildman–Crippen MR) is 72.0 cm³/mol. The highest BCUT2D eigenvalue weighted by atomic mass is 32.2. The van der Waals surface area contributed by atoms with Crippen LogP contribution < -0.4 is 0 Å². The van der Waals surface area contributed by atoms with Crippen molar-refractivity contribution in [2.45, 2.75) is 57.7 Å². The van der Waals surface area contributed by atoms with Gasteiger partial charge in [0.15, 0.2) is 5.16 Å². The number of nitrogens with zero attached hydrogens (tertiary/aromatic N) is 3. The molecule has 0 aliphatic rings. The SMILES string of the molecule is CCCc1nnc(SCC(=O)O)n1C(C)CCC. The summed E-state index contributed by atoms with van der Waals surface area (Å²) in [7, 11) is 0. The van der Waals surface area contributed by atoms with E-state index in [1.165, 1.54) is 11.8 Å². The third-order valence-corrected chi connectivity index (χ3v) is 3.61. The lowest BCUT2D eigenvalue weighted by Crippen LogP contribution is -2.11. The van der Waals surface area contributed by atoms with Gasteiger partial charge in [-0.2, -0.15) is 0 Å². The van der Waals surface area contributed by atoms with Gasteiger partial charge in [-0.1, -0.05) is 32.0 Å². The molecule has 1 heterocycles. The average Bonchev–Trinajstić information content (AvgIpc) is 2.70. The second-order valence-electron chi connectivity index (χ2n) is 4.34. The Kier molecular flexibility index (Phi) is 6.18. The zero-order chi connectivity index (χ0) is 13.5. The van der Waals surface area contributed by atoms with Crippen molar-refractivity contribution in [1.82, 2.24) is 14.8 Å². The Bertz CT molecular complexity index is 393. The summed E-state index contributed by atoms with van der Waals surface area (Å²) in [6, 6.07) is 0.322. The highest BCUT2D eigenvalue weighted by Crippen LogP contribution is 2.24. The average molecular weight is 271 g/mol. The Morgan fingerprint density at radius 2 is 2.11 bits per heavy atom. The maximum Gasteiger partial charge on any atom is 0.313 e. The van der Waals surface area contributed by atoms with Gasteiger partial charge in [0.2, 0.25) is 0 Å². The second kappa shape index (κ2) is 7.41. The molecule has 0 fully saturated rings. The molecule has 0 aromatic carbocycles. The summed E-state index contributed by atoms with van der Waals surface area (Å²) in [5.74, 6) is 0.171. The van der Waals surface area contributed by atoms with Gasteiger partial charge >= 0.3 is 5.97 Å². The molecule has 0 saturated heterocycles. The second-order valence-corrected chi connectivity index (χ2v) is 5.28. The van der Waals surface area contributed by atoms with Crippen molar-refractivity contribution in [3.8, 4) is 0 Å². The van der Waals surface area contributed by atoms with E-state index in [2.05, 4.69) is 35.5 Å². The summed E-state index contributed by atoms with van der Waals surface area (Å²) in [5.41, 5.74) is 0. The summed E-state index contributed by atoms with van der Waals surface area (Å²) in [6.45, 7) is 6.38. The number of hydrogen-bond acceptors (Lipinski definition) is 4. The minimum absolute atomic E-state index is 0.0309. The van der Waals surface area contributed by atoms with Crippen molar-refractivity contribution in [1.29, 1.82) is 0 Å². The van der Waals surface area contributed by atoms with Crippen molar-refractivity contribution < 1.29 is 9.90 Å². The quantitative estimate of drug-likeness (QED) is 0.736. The molecule has 0 amide bonds. The molecule has 0 radical (unpaired) electrons. The molecule has 0 aliphatic heterocycles. The number of aliphatic carboxylic acids is 1. The molecule has 1 atom stereocenters. The lowest BCUT2D eigenvalue weighted by atomic mass is 10.2. The van der Waals surface area contributed by atoms with Crippen LogP contribution in [-0.2, 0) is 11.2 Å². The van der Waals surface area contributed by atoms with E-state index < -0.39 is 5.97 Å². The van der Waals surface area contributed by atoms with Gasteiger partial charge in [0.25, 0.3) is 0 Å². The van der Waals surface area contributed by atoms with Gasteiger partial charge in [-0.3, -0.25) is 4.79 Å². The topological polar surface area (TPSA) is 68.0 Å². The van der Waals surface area contributed by atoms with E-state index in [-0.39, 0.29) is 5.75 Å². The van der Waals surface area contributed by atoms with Crippen molar-refractivity contribution in [3.05, 3.63) is 5.82 Å². The number of carboxylic acid groups (broad SMARTS) is 1. The molecule has 1 unspecified atom stereocenters. The molecule has 6 heteroatoms. The smallest absolute Gasteiger partial charge is 0.313 e. The maximum absolute atomic E-state index is 10.6. The van der Waals surface area contributed by atoms with E-state index in [4.69, 9.17) is 5.11 Å². The molecule has 18 heavy (non-hydrogen) atoms. The van der Waals surface area contributed by atoms with Gasteiger partial charge in [0.05, 0.1) is 5.75 Å². The Balaban J connectivity index is 2.90. The standard InChI is InChI=1S/C12H21N3O2S/c1-4-6-9(3)15-10(7-5-2)13-14-12(15)18-8-11(16)17/h9H,4-8H2,1-3H3,(H,16,17). The highest BCUT2D eigenvalue weighted by molar-refractivity contribution is 7.99. The minimum Gasteiger partial charge on any atom is -0.481 e. The van der Waals surface area contributed by atoms with Crippen molar-refractivity contribution in [3.63, 3.8) is 0 Å². The third-order valence-electron chi connectivity index (χ3n) is 2.68. The van der Waals surface area contributed by atoms with E-state index in [9.17, 15) is 4.79 Å². The van der Waals surface area contributed by atoms with Crippen LogP contribution in [0.25, 0.3) is 0 Å². The molecule has 5 nitrogen and oxygen atoms in total. The third kappa shape index (κ3) is 4.01. The fourth-order valence-corrected chi connectivity index (χ4v) is 2.69. The van der Waals surface area contributed by atoms with Crippen molar-refractivity contribution in [2.75, 3.05) is 5.75 Å². The first kappa shape index (κ1) is 15.0. The monoisotopic (exact) mass is 271 g/mol. The van der Waals surface area contributed by atoms with Gasteiger partial charge in [-0.25, -0.2) is 0 Å². The molecule has 102 valence electrons. The van der Waals surface area contributed by atoms with Crippen LogP contribution in [0, 0.1) is 0 Å². The Hall–Kier alpha value is -1.04. The maximum atomic E-state index is 10.6. The number of carboxylic acids is 1. The molecular weight excluding hydrogens is 250 g/mol. The van der Waals surface area contributed by atoms with Gasteiger partial charge in [-0.15, -0.1) is 10.2 Å². The van der Waals surface area contributed by atoms with E-state index in [0.29, 0.717) is 6.04 Å². The lowest BCUT2D eigenvalue weighted by molar-refractivity contribution is -0.133. The summed E-state index contributed by atoms with van der Waals surface area (Å²) < 4.78 is 2.10. The Morgan fingerprint density at radius 3 is 2.67 bits per heavy atom. The highest BCUT2D eigenvalue weighted by Gasteiger charge is 2.17. The van der Waals surface area contributed by atoms with E-state index >= 15 is 0 Å². The first-order chi connectivity index (χ1) is 8.60. The normalized spacial score (nSPS) is 12.6. The predicted octanol–water partition coefficient (Wildman–Crippen LogP) is 2.77. The molecule has 0 aliphatic carbocycles. The fourth-order valence-electron chi connectivity index (χ4n) is 1.92. The van der Waals surface area contributed by atoms with Crippen LogP contribution in [0.15, 0.2) is 5.16 Å². The van der Waals surface area contributed by atoms with Gasteiger partial charge in [-0.05, 0) is 19.8 Å². The van der Waals surface area contributed by atoms with E-state index in [0.717, 1.165) is 36.7 Å². The summed E-state index contributed by atoms with van der Waals surface area (Å²) >= 11 is 1.25. The van der Waals surface area contributed by atoms with Gasteiger partial charge in [0.1, 0.15) is 5.82 Å². The van der Waals surface area contributed by atoms with Crippen LogP contribution in [0.4, 0.5) is 0 Å². The lowest BCUT2D eigenvalue weighted by Gasteiger charge is -2.16. The molecule has 1 rings (SSSR count). The van der Waals surface area contributed by atoms with Crippen LogP contribution in [0.5, 0.6) is 0 Å². The van der Waals surface area contributed by atoms with Gasteiger partial charge in [0, 0.05) is 12.5 Å². The zero-order valence-corrected chi connectivity index (χ0v) is 12.0. The molecule has 1 N–H and O–H groups in total. The van der Waals surface area contributed by atoms with Crippen LogP contribution in [0.2, 0.25) is 0 Å². The molecule has 0 spiro atoms. The summed E-state index contributed by atoms with van der Waals surface area (Å²) in [5, 5.41) is 17.8. The summed E-state index contributed by atoms with van der Waals surface area (Å²) in [6.07, 6.45) is 4.04.